The lowest BCUT2D eigenvalue weighted by Crippen LogP contribution is -2.14. The number of aryl methyl sites for hydroxylation is 8. The predicted octanol–water partition coefficient (Wildman–Crippen LogP) is 23.1. The maximum atomic E-state index is 5.44. The number of ether oxygens (including phenoxy) is 2. The summed E-state index contributed by atoms with van der Waals surface area (Å²) in [5.74, 6) is 1.74. The third-order valence-corrected chi connectivity index (χ3v) is 17.3. The van der Waals surface area contributed by atoms with Crippen LogP contribution in [-0.2, 0) is 32.5 Å². The Balaban J connectivity index is 0.000000163. The van der Waals surface area contributed by atoms with Gasteiger partial charge in [-0.25, -0.2) is 0 Å². The molecule has 0 radical (unpaired) electrons. The molecule has 0 amide bonds. The molecule has 7 aromatic heterocycles. The summed E-state index contributed by atoms with van der Waals surface area (Å²) in [6.45, 7) is 56.7. The van der Waals surface area contributed by atoms with Crippen LogP contribution in [0.15, 0.2) is 152 Å². The molecule has 0 aliphatic heterocycles. The Kier molecular flexibility index (Phi) is 23.1. The Labute approximate surface area is 575 Å². The van der Waals surface area contributed by atoms with E-state index in [1.54, 1.807) is 20.4 Å². The molecule has 9 heteroatoms. The third-order valence-electron chi connectivity index (χ3n) is 17.3. The SMILES string of the molecule is COc1cc(C)nc2ccc(C(C)(C)C)cc12.COc1ccc(C(C)(C)C)c2cccnc12.Cc1cc(C)c2cc(C(C)(C)C)ccc2n1.Cc1ccc2c(C(C)(C)C)nccc2n1.Cc1ccc2c(C)c(C(C)(C)C)ccc2n1.Cc1ccc2cc(C(C)(C)C)c(C)cc2n1. The fourth-order valence-corrected chi connectivity index (χ4v) is 12.2. The van der Waals surface area contributed by atoms with Crippen LogP contribution in [0.3, 0.4) is 0 Å². The van der Waals surface area contributed by atoms with Crippen LogP contribution in [0, 0.1) is 55.4 Å². The van der Waals surface area contributed by atoms with Crippen LogP contribution in [0.1, 0.15) is 203 Å². The van der Waals surface area contributed by atoms with Gasteiger partial charge in [-0.05, 0) is 218 Å². The molecule has 7 heterocycles. The minimum Gasteiger partial charge on any atom is -0.496 e. The van der Waals surface area contributed by atoms with Gasteiger partial charge in [-0.15, -0.1) is 0 Å². The molecule has 0 aliphatic rings. The molecule has 12 rings (SSSR count). The number of hydrogen-bond acceptors (Lipinski definition) is 9. The van der Waals surface area contributed by atoms with Crippen LogP contribution >= 0.6 is 0 Å². The number of fused-ring (bicyclic) bond motifs is 6. The van der Waals surface area contributed by atoms with E-state index in [4.69, 9.17) is 9.47 Å². The third kappa shape index (κ3) is 18.9. The molecule has 12 aromatic rings. The summed E-state index contributed by atoms with van der Waals surface area (Å²) in [4.78, 5) is 31.6. The molecular formula is C87H109N7O2. The molecule has 0 spiro atoms. The van der Waals surface area contributed by atoms with Gasteiger partial charge in [-0.1, -0.05) is 167 Å². The summed E-state index contributed by atoms with van der Waals surface area (Å²) in [6, 6.07) is 48.8. The van der Waals surface area contributed by atoms with Crippen LogP contribution < -0.4 is 9.47 Å². The van der Waals surface area contributed by atoms with Crippen LogP contribution in [0.25, 0.3) is 65.4 Å². The van der Waals surface area contributed by atoms with E-state index in [9.17, 15) is 0 Å². The van der Waals surface area contributed by atoms with Gasteiger partial charge in [0.2, 0.25) is 0 Å². The first kappa shape index (κ1) is 74.7. The molecule has 0 aliphatic carbocycles. The maximum absolute atomic E-state index is 5.44. The van der Waals surface area contributed by atoms with Crippen molar-refractivity contribution in [3.8, 4) is 11.5 Å². The van der Waals surface area contributed by atoms with Gasteiger partial charge in [-0.2, -0.15) is 0 Å². The van der Waals surface area contributed by atoms with Crippen molar-refractivity contribution in [2.75, 3.05) is 14.2 Å². The summed E-state index contributed by atoms with van der Waals surface area (Å²) >= 11 is 0. The van der Waals surface area contributed by atoms with E-state index in [0.29, 0.717) is 0 Å². The van der Waals surface area contributed by atoms with Gasteiger partial charge >= 0.3 is 0 Å². The molecule has 5 aromatic carbocycles. The zero-order valence-corrected chi connectivity index (χ0v) is 63.4. The highest BCUT2D eigenvalue weighted by Gasteiger charge is 2.23. The highest BCUT2D eigenvalue weighted by Crippen LogP contribution is 2.36. The van der Waals surface area contributed by atoms with E-state index in [-0.39, 0.29) is 32.5 Å². The highest BCUT2D eigenvalue weighted by molar-refractivity contribution is 5.89. The first-order valence-electron chi connectivity index (χ1n) is 33.8. The molecule has 0 fully saturated rings. The van der Waals surface area contributed by atoms with Gasteiger partial charge in [0.05, 0.1) is 47.5 Å². The molecule has 0 unspecified atom stereocenters. The normalized spacial score (nSPS) is 12.0. The Bertz CT molecular complexity index is 4670. The molecule has 0 saturated carbocycles. The van der Waals surface area contributed by atoms with Crippen molar-refractivity contribution in [1.29, 1.82) is 0 Å². The van der Waals surface area contributed by atoms with Crippen molar-refractivity contribution >= 4 is 65.4 Å². The molecule has 0 N–H and O–H groups in total. The number of nitrogens with zero attached hydrogens (tertiary/aromatic N) is 7. The number of benzene rings is 5. The Hall–Kier alpha value is -8.69. The summed E-state index contributed by atoms with van der Waals surface area (Å²) in [5, 5.41) is 7.22. The van der Waals surface area contributed by atoms with Crippen LogP contribution in [0.2, 0.25) is 0 Å². The predicted molar refractivity (Wildman–Crippen MR) is 411 cm³/mol. The molecular weight excluding hydrogens is 1180 g/mol. The average molecular weight is 1280 g/mol. The Morgan fingerprint density at radius 2 is 0.760 bits per heavy atom. The smallest absolute Gasteiger partial charge is 0.145 e. The van der Waals surface area contributed by atoms with Gasteiger partial charge in [-0.3, -0.25) is 34.9 Å². The molecule has 96 heavy (non-hydrogen) atoms. The van der Waals surface area contributed by atoms with E-state index in [0.717, 1.165) is 89.5 Å². The van der Waals surface area contributed by atoms with E-state index in [1.807, 2.05) is 71.1 Å². The largest absolute Gasteiger partial charge is 0.496 e. The second-order valence-corrected chi connectivity index (χ2v) is 32.0. The molecule has 0 saturated heterocycles. The number of rotatable bonds is 2. The number of methoxy groups -OCH3 is 2. The van der Waals surface area contributed by atoms with Crippen LogP contribution in [-0.4, -0.2) is 49.1 Å². The average Bonchev–Trinajstić information content (AvgIpc) is 0.824. The number of hydrogen-bond donors (Lipinski definition) is 0. The minimum absolute atomic E-state index is 0.0659. The summed E-state index contributed by atoms with van der Waals surface area (Å²) < 4.78 is 10.8. The molecule has 0 bridgehead atoms. The zero-order valence-electron chi connectivity index (χ0n) is 63.4. The van der Waals surface area contributed by atoms with E-state index in [1.165, 1.54) is 66.1 Å². The van der Waals surface area contributed by atoms with E-state index >= 15 is 0 Å². The first-order chi connectivity index (χ1) is 44.6. The maximum Gasteiger partial charge on any atom is 0.145 e. The van der Waals surface area contributed by atoms with Crippen molar-refractivity contribution in [1.82, 2.24) is 34.9 Å². The summed E-state index contributed by atoms with van der Waals surface area (Å²) in [7, 11) is 3.39. The minimum atomic E-state index is 0.0659. The lowest BCUT2D eigenvalue weighted by Gasteiger charge is -2.22. The summed E-state index contributed by atoms with van der Waals surface area (Å²) in [5.41, 5.74) is 24.4. The Morgan fingerprint density at radius 1 is 0.292 bits per heavy atom. The van der Waals surface area contributed by atoms with Crippen molar-refractivity contribution < 1.29 is 9.47 Å². The standard InChI is InChI=1S/C15H19NO.3C15H19N.C14H17NO.C13H16N2/c1-10-8-14(17-5)12-9-11(15(2,3)4)6-7-13(12)16-10;1-10-8-11(2)16-14-7-6-12(9-13(10)14)15(3,4)5;1-10-8-14-12(7-6-11(2)16-14)9-13(10)15(3,4)5;1-10-6-7-12-11(2)13(15(3,4)5)8-9-14(12)16-10;1-14(2,3)11-7-8-12(16-4)13-10(11)6-5-9-15-13;1-9-5-6-10-11(15-9)7-8-14-12(10)13(2,3)4/h6-9H,1-5H3;3*6-9H,1-5H3;5-9H,1-4H3;5-8H,1-4H3. The summed E-state index contributed by atoms with van der Waals surface area (Å²) in [6.07, 6.45) is 3.65. The van der Waals surface area contributed by atoms with Gasteiger partial charge in [0.25, 0.3) is 0 Å². The molecule has 504 valence electrons. The zero-order chi connectivity index (χ0) is 71.2. The van der Waals surface area contributed by atoms with Gasteiger partial charge in [0, 0.05) is 84.7 Å². The quantitative estimate of drug-likeness (QED) is 0.167. The van der Waals surface area contributed by atoms with Gasteiger partial charge < -0.3 is 9.47 Å². The van der Waals surface area contributed by atoms with Crippen molar-refractivity contribution in [2.24, 2.45) is 0 Å². The monoisotopic (exact) mass is 1280 g/mol. The second-order valence-electron chi connectivity index (χ2n) is 32.0. The van der Waals surface area contributed by atoms with Gasteiger partial charge in [0.1, 0.15) is 17.0 Å². The van der Waals surface area contributed by atoms with Gasteiger partial charge in [0.15, 0.2) is 0 Å². The highest BCUT2D eigenvalue weighted by atomic mass is 16.5. The number of aromatic nitrogens is 7. The van der Waals surface area contributed by atoms with Crippen molar-refractivity contribution in [3.63, 3.8) is 0 Å². The van der Waals surface area contributed by atoms with E-state index < -0.39 is 0 Å². The first-order valence-corrected chi connectivity index (χ1v) is 33.8. The fourth-order valence-electron chi connectivity index (χ4n) is 12.2. The number of pyridine rings is 7. The topological polar surface area (TPSA) is 109 Å². The van der Waals surface area contributed by atoms with Crippen molar-refractivity contribution in [3.05, 3.63) is 231 Å². The molecule has 0 atom stereocenters. The lowest BCUT2D eigenvalue weighted by atomic mass is 9.83. The van der Waals surface area contributed by atoms with Crippen LogP contribution in [0.4, 0.5) is 0 Å². The lowest BCUT2D eigenvalue weighted by molar-refractivity contribution is 0.418. The second kappa shape index (κ2) is 29.7. The van der Waals surface area contributed by atoms with Crippen LogP contribution in [0.5, 0.6) is 11.5 Å². The molecule has 9 nitrogen and oxygen atoms in total. The van der Waals surface area contributed by atoms with Crippen molar-refractivity contribution in [2.45, 2.75) is 213 Å². The van der Waals surface area contributed by atoms with E-state index in [2.05, 4.69) is 289 Å². The Morgan fingerprint density at radius 3 is 1.30 bits per heavy atom. The fraction of sp³-hybridized carbons (Fsp3) is 0.391.